The van der Waals surface area contributed by atoms with Crippen molar-refractivity contribution in [2.45, 2.75) is 18.7 Å². The Morgan fingerprint density at radius 1 is 1.21 bits per heavy atom. The van der Waals surface area contributed by atoms with Gasteiger partial charge in [-0.1, -0.05) is 17.7 Å². The molecular weight excluding hydrogens is 403 g/mol. The zero-order chi connectivity index (χ0) is 18.5. The first-order chi connectivity index (χ1) is 11.1. The number of aryl methyl sites for hydroxylation is 2. The molecule has 0 amide bonds. The van der Waals surface area contributed by atoms with Crippen LogP contribution in [0.25, 0.3) is 0 Å². The number of ketones is 1. The number of ether oxygens (including phenoxy) is 1. The van der Waals surface area contributed by atoms with E-state index in [1.807, 2.05) is 6.92 Å². The summed E-state index contributed by atoms with van der Waals surface area (Å²) in [5, 5.41) is 0. The van der Waals surface area contributed by atoms with E-state index >= 15 is 0 Å². The van der Waals surface area contributed by atoms with Crippen molar-refractivity contribution in [1.82, 2.24) is 0 Å². The maximum Gasteiger partial charge on any atom is 0.124 e. The number of Topliss-reactive ketones (excluding diaryl/α,β-unsaturated/α-hetero) is 1. The van der Waals surface area contributed by atoms with Crippen molar-refractivity contribution < 1.29 is 32.3 Å². The van der Waals surface area contributed by atoms with Gasteiger partial charge in [-0.25, -0.2) is 8.42 Å². The van der Waals surface area contributed by atoms with Crippen LogP contribution in [0.4, 0.5) is 4.69 Å². The summed E-state index contributed by atoms with van der Waals surface area (Å²) in [5.41, 5.74) is 7.06. The normalized spacial score (nSPS) is 10.5. The Morgan fingerprint density at radius 3 is 2.12 bits per heavy atom. The number of H-pyrrole nitrogens is 1. The number of anilines is 1. The molecule has 130 valence electrons. The molecule has 0 radical (unpaired) electrons. The van der Waals surface area contributed by atoms with Crippen molar-refractivity contribution in [2.75, 3.05) is 12.8 Å². The molecule has 2 aromatic rings. The van der Waals surface area contributed by atoms with E-state index in [0.29, 0.717) is 14.8 Å². The minimum absolute atomic E-state index is 0.178. The van der Waals surface area contributed by atoms with Gasteiger partial charge in [0.1, 0.15) is 10.1 Å². The third kappa shape index (κ3) is 5.57. The number of methoxy groups -OCH3 is 1. The van der Waals surface area contributed by atoms with Gasteiger partial charge in [0.2, 0.25) is 0 Å². The minimum atomic E-state index is -4.27. The number of rotatable bonds is 3. The van der Waals surface area contributed by atoms with Crippen LogP contribution in [0.5, 0.6) is 0 Å². The number of nitrogens with one attached hydrogen (secondary N) is 1. The average Bonchev–Trinajstić information content (AvgIpc) is 2.84. The Hall–Kier alpha value is -2.00. The standard InChI is InChI=1S/C7H8N2O3Se.C7H8O3S/c1-3-5(13-7(8)9-3)4(10)6(11)12-2;1-6-2-4-7(5-3-6)11(8,9)10/h1-2H3,(H2,8,9);2-5H,1H3,(H,8,9,10). The van der Waals surface area contributed by atoms with Crippen LogP contribution in [0.3, 0.4) is 0 Å². The van der Waals surface area contributed by atoms with Crippen LogP contribution in [-0.4, -0.2) is 46.3 Å². The van der Waals surface area contributed by atoms with Crippen LogP contribution in [0.1, 0.15) is 20.5 Å². The van der Waals surface area contributed by atoms with Crippen LogP contribution in [0, 0.1) is 13.8 Å². The number of nitrogen functional groups attached to an aromatic ring is 1. The first kappa shape index (κ1) is 20.0. The molecule has 0 spiro atoms. The zero-order valence-electron chi connectivity index (χ0n) is 13.2. The van der Waals surface area contributed by atoms with Crippen molar-refractivity contribution in [1.29, 1.82) is 0 Å². The predicted molar refractivity (Wildman–Crippen MR) is 84.6 cm³/mol. The van der Waals surface area contributed by atoms with Crippen LogP contribution in [0.2, 0.25) is 0 Å². The quantitative estimate of drug-likeness (QED) is 0.237. The molecule has 1 heterocycles. The molecule has 0 unspecified atom stereocenters. The number of aromatic amines is 1. The largest absolute Gasteiger partial charge is 0.744 e. The summed E-state index contributed by atoms with van der Waals surface area (Å²) in [6.07, 6.45) is 0. The van der Waals surface area contributed by atoms with E-state index in [1.165, 1.54) is 19.2 Å². The molecule has 10 heteroatoms. The second-order valence-electron chi connectivity index (χ2n) is 4.63. The van der Waals surface area contributed by atoms with Crippen molar-refractivity contribution in [2.24, 2.45) is 0 Å². The maximum atomic E-state index is 11.3. The molecular formula is C14H16N2O6SSe. The first-order valence-electron chi connectivity index (χ1n) is 6.49. The number of esters is 1. The monoisotopic (exact) mass is 420 g/mol. The molecule has 0 saturated carbocycles. The molecule has 24 heavy (non-hydrogen) atoms. The van der Waals surface area contributed by atoms with Gasteiger partial charge in [0.15, 0.2) is 0 Å². The summed E-state index contributed by atoms with van der Waals surface area (Å²) >= 11 is -0.268. The number of hydrogen-bond donors (Lipinski definition) is 1. The molecule has 0 fully saturated rings. The second kappa shape index (κ2) is 8.20. The summed E-state index contributed by atoms with van der Waals surface area (Å²) in [4.78, 5) is 24.8. The van der Waals surface area contributed by atoms with Crippen LogP contribution in [0.15, 0.2) is 29.2 Å². The third-order valence-electron chi connectivity index (χ3n) is 2.75. The van der Waals surface area contributed by atoms with Gasteiger partial charge in [0.05, 0.1) is 4.90 Å². The number of nitrogens with two attached hydrogens (primary N) is 1. The first-order valence-corrected chi connectivity index (χ1v) is 9.61. The van der Waals surface area contributed by atoms with E-state index in [0.717, 1.165) is 5.56 Å². The van der Waals surface area contributed by atoms with Gasteiger partial charge < -0.3 is 4.55 Å². The topological polar surface area (TPSA) is 141 Å². The minimum Gasteiger partial charge on any atom is -0.744 e. The molecule has 8 nitrogen and oxygen atoms in total. The van der Waals surface area contributed by atoms with E-state index in [9.17, 15) is 22.6 Å². The third-order valence-corrected chi connectivity index (χ3v) is 5.73. The van der Waals surface area contributed by atoms with Crippen molar-refractivity contribution >= 4 is 41.1 Å². The molecule has 0 bridgehead atoms. The predicted octanol–water partition coefficient (Wildman–Crippen LogP) is -0.297. The van der Waals surface area contributed by atoms with Crippen molar-refractivity contribution in [3.05, 3.63) is 40.0 Å². The van der Waals surface area contributed by atoms with Crippen molar-refractivity contribution in [3.8, 4) is 0 Å². The van der Waals surface area contributed by atoms with Gasteiger partial charge in [-0.15, -0.1) is 0 Å². The van der Waals surface area contributed by atoms with Gasteiger partial charge in [0, 0.05) is 0 Å². The molecule has 0 aliphatic heterocycles. The Kier molecular flexibility index (Phi) is 6.85. The fourth-order valence-electron chi connectivity index (χ4n) is 1.56. The summed E-state index contributed by atoms with van der Waals surface area (Å²) in [5.74, 6) is -1.44. The summed E-state index contributed by atoms with van der Waals surface area (Å²) < 4.78 is 36.5. The Balaban J connectivity index is 0.000000243. The number of hydrogen-bond acceptors (Lipinski definition) is 7. The summed E-state index contributed by atoms with van der Waals surface area (Å²) in [6.45, 7) is 3.53. The van der Waals surface area contributed by atoms with Gasteiger partial charge in [0.25, 0.3) is 0 Å². The van der Waals surface area contributed by atoms with Gasteiger partial charge >= 0.3 is 80.2 Å². The van der Waals surface area contributed by atoms with Gasteiger partial charge in [-0.3, -0.25) is 0 Å². The molecule has 1 aromatic carbocycles. The molecule has 1 aromatic heterocycles. The van der Waals surface area contributed by atoms with Crippen LogP contribution < -0.4 is 10.7 Å². The molecule has 3 N–H and O–H groups in total. The van der Waals surface area contributed by atoms with Crippen LogP contribution in [-0.2, 0) is 19.6 Å². The molecule has 0 aliphatic rings. The van der Waals surface area contributed by atoms with Crippen LogP contribution >= 0.6 is 0 Å². The van der Waals surface area contributed by atoms with Crippen molar-refractivity contribution in [3.63, 3.8) is 0 Å². The fraction of sp³-hybridized carbons (Fsp3) is 0.214. The van der Waals surface area contributed by atoms with Gasteiger partial charge in [-0.2, -0.15) is 0 Å². The molecule has 2 rings (SSSR count). The van der Waals surface area contributed by atoms with E-state index in [1.54, 1.807) is 19.1 Å². The number of benzene rings is 1. The number of carbonyl (C=O) groups excluding carboxylic acids is 2. The molecule has 0 aliphatic carbocycles. The average molecular weight is 419 g/mol. The number of carbonyl (C=O) groups is 2. The Morgan fingerprint density at radius 2 is 1.75 bits per heavy atom. The summed E-state index contributed by atoms with van der Waals surface area (Å²) in [7, 11) is -3.09. The van der Waals surface area contributed by atoms with E-state index in [-0.39, 0.29) is 19.4 Å². The summed E-state index contributed by atoms with van der Waals surface area (Å²) in [6, 6.07) is 5.78. The Bertz CT molecular complexity index is 843. The zero-order valence-corrected chi connectivity index (χ0v) is 15.7. The number of aromatic nitrogens is 1. The second-order valence-corrected chi connectivity index (χ2v) is 8.22. The molecule has 0 saturated heterocycles. The fourth-order valence-corrected chi connectivity index (χ4v) is 3.72. The SMILES string of the molecule is COC(=O)C(=O)c1[se]c(N)[nH+]c1C.Cc1ccc(S(=O)(=O)[O-])cc1. The van der Waals surface area contributed by atoms with E-state index in [4.69, 9.17) is 5.73 Å². The van der Waals surface area contributed by atoms with Gasteiger partial charge in [-0.05, 0) is 19.1 Å². The van der Waals surface area contributed by atoms with E-state index < -0.39 is 21.9 Å². The smallest absolute Gasteiger partial charge is 0.124 e. The maximum absolute atomic E-state index is 11.3. The molecule has 0 atom stereocenters. The Labute approximate surface area is 145 Å². The van der Waals surface area contributed by atoms with E-state index in [2.05, 4.69) is 9.72 Å².